The third kappa shape index (κ3) is 1.95. The molecule has 1 aromatic carbocycles. The standard InChI is InChI=1S/C14H9FN6/c15-11-6-16-14(17-7-11)20-9-12(8-18-20)21-13-4-2-1-3-10(13)5-19-21/h1-9H. The summed E-state index contributed by atoms with van der Waals surface area (Å²) in [4.78, 5) is 7.78. The van der Waals surface area contributed by atoms with Crippen LogP contribution in [-0.4, -0.2) is 29.5 Å². The lowest BCUT2D eigenvalue weighted by Gasteiger charge is -1.99. The van der Waals surface area contributed by atoms with Crippen molar-refractivity contribution in [2.75, 3.05) is 0 Å². The van der Waals surface area contributed by atoms with Gasteiger partial charge in [-0.1, -0.05) is 18.2 Å². The predicted octanol–water partition coefficient (Wildman–Crippen LogP) is 2.14. The first-order valence-electron chi connectivity index (χ1n) is 6.27. The van der Waals surface area contributed by atoms with Crippen molar-refractivity contribution >= 4 is 10.9 Å². The molecular formula is C14H9FN6. The summed E-state index contributed by atoms with van der Waals surface area (Å²) < 4.78 is 16.1. The molecule has 3 aromatic heterocycles. The van der Waals surface area contributed by atoms with E-state index in [1.165, 1.54) is 4.68 Å². The van der Waals surface area contributed by atoms with Crippen LogP contribution < -0.4 is 0 Å². The number of aromatic nitrogens is 6. The highest BCUT2D eigenvalue weighted by atomic mass is 19.1. The molecule has 7 heteroatoms. The summed E-state index contributed by atoms with van der Waals surface area (Å²) in [5, 5.41) is 9.58. The van der Waals surface area contributed by atoms with Crippen molar-refractivity contribution in [1.82, 2.24) is 29.5 Å². The fourth-order valence-corrected chi connectivity index (χ4v) is 2.13. The number of fused-ring (bicyclic) bond motifs is 1. The summed E-state index contributed by atoms with van der Waals surface area (Å²) in [7, 11) is 0. The van der Waals surface area contributed by atoms with E-state index in [4.69, 9.17) is 0 Å². The second-order valence-corrected chi connectivity index (χ2v) is 4.46. The second kappa shape index (κ2) is 4.48. The van der Waals surface area contributed by atoms with Crippen LogP contribution in [0, 0.1) is 5.82 Å². The van der Waals surface area contributed by atoms with Gasteiger partial charge in [0.1, 0.15) is 5.69 Å². The molecule has 3 heterocycles. The normalized spacial score (nSPS) is 11.1. The summed E-state index contributed by atoms with van der Waals surface area (Å²) >= 11 is 0. The summed E-state index contributed by atoms with van der Waals surface area (Å²) in [6.07, 6.45) is 7.40. The molecule has 102 valence electrons. The Morgan fingerprint density at radius 1 is 0.905 bits per heavy atom. The van der Waals surface area contributed by atoms with Crippen LogP contribution in [0.3, 0.4) is 0 Å². The van der Waals surface area contributed by atoms with Gasteiger partial charge in [-0.2, -0.15) is 10.2 Å². The van der Waals surface area contributed by atoms with Gasteiger partial charge in [0.25, 0.3) is 5.95 Å². The fourth-order valence-electron chi connectivity index (χ4n) is 2.13. The average Bonchev–Trinajstić information content (AvgIpc) is 3.14. The SMILES string of the molecule is Fc1cnc(-n2cc(-n3ncc4ccccc43)cn2)nc1. The first kappa shape index (κ1) is 11.7. The highest BCUT2D eigenvalue weighted by Gasteiger charge is 2.08. The van der Waals surface area contributed by atoms with Gasteiger partial charge in [0, 0.05) is 5.39 Å². The lowest BCUT2D eigenvalue weighted by atomic mass is 10.2. The Kier molecular flexibility index (Phi) is 2.50. The minimum absolute atomic E-state index is 0.305. The number of rotatable bonds is 2. The quantitative estimate of drug-likeness (QED) is 0.564. The summed E-state index contributed by atoms with van der Waals surface area (Å²) in [6.45, 7) is 0. The van der Waals surface area contributed by atoms with E-state index < -0.39 is 5.82 Å². The van der Waals surface area contributed by atoms with E-state index in [9.17, 15) is 4.39 Å². The summed E-state index contributed by atoms with van der Waals surface area (Å²) in [5.74, 6) is -0.177. The van der Waals surface area contributed by atoms with Gasteiger partial charge in [-0.25, -0.2) is 23.7 Å². The molecule has 0 aliphatic carbocycles. The minimum Gasteiger partial charge on any atom is -0.230 e. The number of hydrogen-bond donors (Lipinski definition) is 0. The molecule has 0 aliphatic heterocycles. The van der Waals surface area contributed by atoms with Gasteiger partial charge in [-0.05, 0) is 6.07 Å². The highest BCUT2D eigenvalue weighted by Crippen LogP contribution is 2.17. The van der Waals surface area contributed by atoms with E-state index >= 15 is 0 Å². The Labute approximate surface area is 118 Å². The van der Waals surface area contributed by atoms with E-state index in [0.29, 0.717) is 5.95 Å². The van der Waals surface area contributed by atoms with Gasteiger partial charge in [0.15, 0.2) is 5.82 Å². The second-order valence-electron chi connectivity index (χ2n) is 4.46. The Hall–Kier alpha value is -3.09. The van der Waals surface area contributed by atoms with E-state index in [1.54, 1.807) is 23.3 Å². The van der Waals surface area contributed by atoms with Crippen LogP contribution in [0.4, 0.5) is 4.39 Å². The molecule has 0 aliphatic rings. The summed E-state index contributed by atoms with van der Waals surface area (Å²) in [6, 6.07) is 7.89. The molecule has 0 saturated carbocycles. The van der Waals surface area contributed by atoms with E-state index in [1.807, 2.05) is 24.3 Å². The largest absolute Gasteiger partial charge is 0.250 e. The molecule has 0 bridgehead atoms. The number of benzene rings is 1. The van der Waals surface area contributed by atoms with Crippen molar-refractivity contribution in [2.45, 2.75) is 0 Å². The van der Waals surface area contributed by atoms with Gasteiger partial charge in [-0.3, -0.25) is 0 Å². The average molecular weight is 280 g/mol. The van der Waals surface area contributed by atoms with Crippen molar-refractivity contribution < 1.29 is 4.39 Å². The minimum atomic E-state index is -0.482. The van der Waals surface area contributed by atoms with E-state index in [2.05, 4.69) is 20.2 Å². The Morgan fingerprint density at radius 3 is 2.57 bits per heavy atom. The molecule has 0 atom stereocenters. The lowest BCUT2D eigenvalue weighted by Crippen LogP contribution is -2.01. The molecule has 0 N–H and O–H groups in total. The molecular weight excluding hydrogens is 271 g/mol. The van der Waals surface area contributed by atoms with Crippen LogP contribution in [0.1, 0.15) is 0 Å². The molecule has 4 rings (SSSR count). The maximum Gasteiger partial charge on any atom is 0.250 e. The fraction of sp³-hybridized carbons (Fsp3) is 0. The lowest BCUT2D eigenvalue weighted by molar-refractivity contribution is 0.608. The smallest absolute Gasteiger partial charge is 0.230 e. The van der Waals surface area contributed by atoms with Crippen LogP contribution in [0.25, 0.3) is 22.5 Å². The topological polar surface area (TPSA) is 61.4 Å². The van der Waals surface area contributed by atoms with Crippen molar-refractivity contribution in [2.24, 2.45) is 0 Å². The van der Waals surface area contributed by atoms with Crippen molar-refractivity contribution in [3.63, 3.8) is 0 Å². The molecule has 4 aromatic rings. The van der Waals surface area contributed by atoms with Crippen LogP contribution >= 0.6 is 0 Å². The molecule has 6 nitrogen and oxygen atoms in total. The number of hydrogen-bond acceptors (Lipinski definition) is 4. The molecule has 0 spiro atoms. The first-order valence-corrected chi connectivity index (χ1v) is 6.27. The molecule has 0 amide bonds. The molecule has 21 heavy (non-hydrogen) atoms. The van der Waals surface area contributed by atoms with Gasteiger partial charge in [0.2, 0.25) is 0 Å². The van der Waals surface area contributed by atoms with Crippen LogP contribution in [0.5, 0.6) is 0 Å². The Balaban J connectivity index is 1.79. The summed E-state index contributed by atoms with van der Waals surface area (Å²) in [5.41, 5.74) is 1.76. The third-order valence-electron chi connectivity index (χ3n) is 3.10. The van der Waals surface area contributed by atoms with Crippen LogP contribution in [0.15, 0.2) is 55.2 Å². The van der Waals surface area contributed by atoms with Crippen molar-refractivity contribution in [3.05, 3.63) is 61.1 Å². The van der Waals surface area contributed by atoms with E-state index in [-0.39, 0.29) is 0 Å². The van der Waals surface area contributed by atoms with Gasteiger partial charge in [0.05, 0.1) is 36.5 Å². The van der Waals surface area contributed by atoms with Crippen LogP contribution in [-0.2, 0) is 0 Å². The maximum absolute atomic E-state index is 12.8. The van der Waals surface area contributed by atoms with Gasteiger partial charge < -0.3 is 0 Å². The van der Waals surface area contributed by atoms with Crippen LogP contribution in [0.2, 0.25) is 0 Å². The highest BCUT2D eigenvalue weighted by molar-refractivity contribution is 5.79. The third-order valence-corrected chi connectivity index (χ3v) is 3.10. The zero-order valence-electron chi connectivity index (χ0n) is 10.8. The maximum atomic E-state index is 12.8. The number of para-hydroxylation sites is 1. The number of halogens is 1. The molecule has 0 unspecified atom stereocenters. The van der Waals surface area contributed by atoms with Gasteiger partial charge in [-0.15, -0.1) is 0 Å². The zero-order valence-corrected chi connectivity index (χ0v) is 10.8. The molecule has 0 radical (unpaired) electrons. The number of nitrogens with zero attached hydrogens (tertiary/aromatic N) is 6. The Morgan fingerprint density at radius 2 is 1.71 bits per heavy atom. The molecule has 0 saturated heterocycles. The van der Waals surface area contributed by atoms with Crippen molar-refractivity contribution in [3.8, 4) is 11.6 Å². The Bertz CT molecular complexity index is 909. The monoisotopic (exact) mass is 280 g/mol. The zero-order chi connectivity index (χ0) is 14.2. The molecule has 0 fully saturated rings. The first-order chi connectivity index (χ1) is 10.3. The van der Waals surface area contributed by atoms with E-state index in [0.717, 1.165) is 29.0 Å². The predicted molar refractivity (Wildman–Crippen MR) is 73.7 cm³/mol. The van der Waals surface area contributed by atoms with Crippen molar-refractivity contribution in [1.29, 1.82) is 0 Å². The van der Waals surface area contributed by atoms with Gasteiger partial charge >= 0.3 is 0 Å².